The summed E-state index contributed by atoms with van der Waals surface area (Å²) in [6.07, 6.45) is 6.16. The van der Waals surface area contributed by atoms with E-state index in [1.54, 1.807) is 0 Å². The van der Waals surface area contributed by atoms with Gasteiger partial charge in [-0.1, -0.05) is 31.4 Å². The normalized spacial score (nSPS) is 17.4. The van der Waals surface area contributed by atoms with E-state index in [0.29, 0.717) is 24.0 Å². The molecule has 0 aliphatic heterocycles. The topological polar surface area (TPSA) is 72.2 Å². The highest BCUT2D eigenvalue weighted by Gasteiger charge is 2.19. The summed E-state index contributed by atoms with van der Waals surface area (Å²) >= 11 is 0. The molecule has 21 heavy (non-hydrogen) atoms. The van der Waals surface area contributed by atoms with Gasteiger partial charge < -0.3 is 11.1 Å². The molecule has 0 heterocycles. The van der Waals surface area contributed by atoms with Crippen LogP contribution in [0.2, 0.25) is 0 Å². The molecule has 1 aliphatic rings. The van der Waals surface area contributed by atoms with Gasteiger partial charge in [0.2, 0.25) is 5.91 Å². The molecule has 1 atom stereocenters. The first-order chi connectivity index (χ1) is 10.2. The molecule has 3 N–H and O–H groups in total. The lowest BCUT2D eigenvalue weighted by Gasteiger charge is -2.21. The second-order valence-electron chi connectivity index (χ2n) is 5.57. The third-order valence-electron chi connectivity index (χ3n) is 3.82. The Morgan fingerprint density at radius 1 is 1.29 bits per heavy atom. The molecule has 0 aromatic heterocycles. The molecule has 1 aliphatic carbocycles. The fourth-order valence-corrected chi connectivity index (χ4v) is 4.31. The van der Waals surface area contributed by atoms with Crippen LogP contribution in [0.25, 0.3) is 0 Å². The van der Waals surface area contributed by atoms with E-state index in [9.17, 15) is 9.00 Å². The number of benzene rings is 1. The number of carbonyl (C=O) groups excluding carboxylic acids is 1. The van der Waals surface area contributed by atoms with Gasteiger partial charge in [-0.25, -0.2) is 0 Å². The molecule has 1 amide bonds. The van der Waals surface area contributed by atoms with Gasteiger partial charge >= 0.3 is 0 Å². The Bertz CT molecular complexity index is 499. The number of anilines is 1. The van der Waals surface area contributed by atoms with Gasteiger partial charge in [0.05, 0.1) is 0 Å². The van der Waals surface area contributed by atoms with E-state index in [0.717, 1.165) is 24.1 Å². The van der Waals surface area contributed by atoms with Crippen LogP contribution in [-0.4, -0.2) is 21.9 Å². The average molecular weight is 308 g/mol. The predicted molar refractivity (Wildman–Crippen MR) is 87.5 cm³/mol. The molecule has 0 radical (unpaired) electrons. The van der Waals surface area contributed by atoms with Crippen molar-refractivity contribution in [2.24, 2.45) is 5.73 Å². The molecule has 1 aromatic carbocycles. The smallest absolute Gasteiger partial charge is 0.225 e. The number of nitrogens with one attached hydrogen (secondary N) is 1. The number of hydrogen-bond donors (Lipinski definition) is 2. The molecule has 0 bridgehead atoms. The minimum Gasteiger partial charge on any atom is -0.330 e. The Hall–Kier alpha value is -1.20. The lowest BCUT2D eigenvalue weighted by Crippen LogP contribution is -2.20. The van der Waals surface area contributed by atoms with Crippen LogP contribution in [0.15, 0.2) is 24.3 Å². The SMILES string of the molecule is NCCC(=O)Nc1cccc(CS(=O)C2CCCCC2)c1. The van der Waals surface area contributed by atoms with Gasteiger partial charge in [0, 0.05) is 40.5 Å². The van der Waals surface area contributed by atoms with E-state index in [4.69, 9.17) is 5.73 Å². The maximum Gasteiger partial charge on any atom is 0.225 e. The van der Waals surface area contributed by atoms with E-state index in [1.807, 2.05) is 24.3 Å². The van der Waals surface area contributed by atoms with Crippen LogP contribution in [-0.2, 0) is 21.3 Å². The van der Waals surface area contributed by atoms with Crippen molar-refractivity contribution in [2.75, 3.05) is 11.9 Å². The Labute approximate surface area is 129 Å². The highest BCUT2D eigenvalue weighted by molar-refractivity contribution is 7.84. The third kappa shape index (κ3) is 5.25. The number of nitrogens with two attached hydrogens (primary N) is 1. The molecule has 0 saturated heterocycles. The zero-order chi connectivity index (χ0) is 15.1. The molecule has 5 heteroatoms. The molecular weight excluding hydrogens is 284 g/mol. The van der Waals surface area contributed by atoms with Gasteiger partial charge in [0.1, 0.15) is 0 Å². The van der Waals surface area contributed by atoms with Crippen molar-refractivity contribution in [1.82, 2.24) is 0 Å². The Morgan fingerprint density at radius 3 is 2.76 bits per heavy atom. The van der Waals surface area contributed by atoms with Crippen molar-refractivity contribution in [2.45, 2.75) is 49.5 Å². The second-order valence-corrected chi connectivity index (χ2v) is 7.29. The third-order valence-corrected chi connectivity index (χ3v) is 5.65. The lowest BCUT2D eigenvalue weighted by atomic mass is 10.0. The molecule has 1 saturated carbocycles. The standard InChI is InChI=1S/C16H24N2O2S/c17-10-9-16(19)18-14-6-4-5-13(11-14)12-21(20)15-7-2-1-3-8-15/h4-6,11,15H,1-3,7-10,12,17H2,(H,18,19). The van der Waals surface area contributed by atoms with Crippen LogP contribution >= 0.6 is 0 Å². The summed E-state index contributed by atoms with van der Waals surface area (Å²) in [5.74, 6) is 0.494. The number of rotatable bonds is 6. The first kappa shape index (κ1) is 16.2. The average Bonchev–Trinajstić information content (AvgIpc) is 2.48. The molecule has 2 rings (SSSR count). The van der Waals surface area contributed by atoms with Crippen LogP contribution in [0.3, 0.4) is 0 Å². The summed E-state index contributed by atoms with van der Waals surface area (Å²) in [7, 11) is -0.814. The van der Waals surface area contributed by atoms with Crippen LogP contribution in [0.4, 0.5) is 5.69 Å². The summed E-state index contributed by atoms with van der Waals surface area (Å²) in [6.45, 7) is 0.344. The number of amides is 1. The Balaban J connectivity index is 1.93. The van der Waals surface area contributed by atoms with E-state index in [1.165, 1.54) is 19.3 Å². The summed E-state index contributed by atoms with van der Waals surface area (Å²) in [5, 5.41) is 3.16. The van der Waals surface area contributed by atoms with Gasteiger partial charge in [0.15, 0.2) is 0 Å². The van der Waals surface area contributed by atoms with Crippen LogP contribution in [0.5, 0.6) is 0 Å². The van der Waals surface area contributed by atoms with Crippen molar-refractivity contribution in [3.63, 3.8) is 0 Å². The maximum absolute atomic E-state index is 12.4. The highest BCUT2D eigenvalue weighted by Crippen LogP contribution is 2.24. The Kier molecular flexibility index (Phi) is 6.39. The summed E-state index contributed by atoms with van der Waals surface area (Å²) in [4.78, 5) is 11.5. The van der Waals surface area contributed by atoms with E-state index in [2.05, 4.69) is 5.32 Å². The molecular formula is C16H24N2O2S. The van der Waals surface area contributed by atoms with Crippen molar-refractivity contribution >= 4 is 22.4 Å². The fourth-order valence-electron chi connectivity index (χ4n) is 2.70. The van der Waals surface area contributed by atoms with Crippen molar-refractivity contribution in [3.05, 3.63) is 29.8 Å². The zero-order valence-corrected chi connectivity index (χ0v) is 13.2. The predicted octanol–water partition coefficient (Wildman–Crippen LogP) is 2.56. The zero-order valence-electron chi connectivity index (χ0n) is 12.3. The minimum absolute atomic E-state index is 0.0805. The van der Waals surface area contributed by atoms with E-state index in [-0.39, 0.29) is 5.91 Å². The molecule has 1 aromatic rings. The van der Waals surface area contributed by atoms with Gasteiger partial charge in [-0.2, -0.15) is 0 Å². The first-order valence-electron chi connectivity index (χ1n) is 7.65. The van der Waals surface area contributed by atoms with E-state index < -0.39 is 10.8 Å². The van der Waals surface area contributed by atoms with E-state index >= 15 is 0 Å². The molecule has 4 nitrogen and oxygen atoms in total. The second kappa shape index (κ2) is 8.29. The number of hydrogen-bond acceptors (Lipinski definition) is 3. The van der Waals surface area contributed by atoms with Crippen LogP contribution in [0.1, 0.15) is 44.1 Å². The van der Waals surface area contributed by atoms with Gasteiger partial charge in [-0.15, -0.1) is 0 Å². The lowest BCUT2D eigenvalue weighted by molar-refractivity contribution is -0.116. The molecule has 1 unspecified atom stereocenters. The van der Waals surface area contributed by atoms with Gasteiger partial charge in [-0.05, 0) is 30.5 Å². The molecule has 1 fully saturated rings. The van der Waals surface area contributed by atoms with Crippen molar-refractivity contribution in [1.29, 1.82) is 0 Å². The fraction of sp³-hybridized carbons (Fsp3) is 0.562. The van der Waals surface area contributed by atoms with Gasteiger partial charge in [-0.3, -0.25) is 9.00 Å². The van der Waals surface area contributed by atoms with Crippen LogP contribution in [0, 0.1) is 0 Å². The molecule has 116 valence electrons. The minimum atomic E-state index is -0.814. The molecule has 0 spiro atoms. The maximum atomic E-state index is 12.4. The summed E-state index contributed by atoms with van der Waals surface area (Å²) in [5.41, 5.74) is 7.13. The van der Waals surface area contributed by atoms with Gasteiger partial charge in [0.25, 0.3) is 0 Å². The van der Waals surface area contributed by atoms with Crippen molar-refractivity contribution in [3.8, 4) is 0 Å². The first-order valence-corrected chi connectivity index (χ1v) is 9.03. The summed E-state index contributed by atoms with van der Waals surface area (Å²) in [6, 6.07) is 7.63. The number of carbonyl (C=O) groups is 1. The van der Waals surface area contributed by atoms with Crippen molar-refractivity contribution < 1.29 is 9.00 Å². The summed E-state index contributed by atoms with van der Waals surface area (Å²) < 4.78 is 12.4. The Morgan fingerprint density at radius 2 is 2.05 bits per heavy atom. The highest BCUT2D eigenvalue weighted by atomic mass is 32.2. The largest absolute Gasteiger partial charge is 0.330 e. The quantitative estimate of drug-likeness (QED) is 0.848. The van der Waals surface area contributed by atoms with Crippen LogP contribution < -0.4 is 11.1 Å². The monoisotopic (exact) mass is 308 g/mol.